The van der Waals surface area contributed by atoms with Crippen molar-refractivity contribution in [1.29, 1.82) is 0 Å². The average molecular weight is 255 g/mol. The van der Waals surface area contributed by atoms with Crippen LogP contribution in [0.5, 0.6) is 0 Å². The molecule has 8 heteroatoms. The molecule has 3 N–H and O–H groups in total. The highest BCUT2D eigenvalue weighted by molar-refractivity contribution is 5.44. The predicted octanol–water partition coefficient (Wildman–Crippen LogP) is 1.29. The second-order valence-electron chi connectivity index (χ2n) is 3.59. The second-order valence-corrected chi connectivity index (χ2v) is 3.59. The number of pyridine rings is 1. The topological polar surface area (TPSA) is 89.9 Å². The molecule has 0 saturated carbocycles. The van der Waals surface area contributed by atoms with Gasteiger partial charge in [-0.05, 0) is 0 Å². The van der Waals surface area contributed by atoms with Crippen LogP contribution in [0, 0.1) is 18.6 Å². The minimum atomic E-state index is -0.883. The van der Waals surface area contributed by atoms with E-state index in [0.29, 0.717) is 30.7 Å². The van der Waals surface area contributed by atoms with E-state index in [1.807, 2.05) is 0 Å². The van der Waals surface area contributed by atoms with Crippen LogP contribution in [0.4, 0.5) is 20.4 Å². The summed E-state index contributed by atoms with van der Waals surface area (Å²) in [5, 5.41) is 6.36. The number of nitrogens with two attached hydrogens (primary N) is 1. The van der Waals surface area contributed by atoms with Crippen LogP contribution in [0.2, 0.25) is 0 Å². The molecule has 2 aromatic rings. The largest absolute Gasteiger partial charge is 0.381 e. The van der Waals surface area contributed by atoms with Crippen molar-refractivity contribution in [3.05, 3.63) is 29.4 Å². The first kappa shape index (κ1) is 12.2. The summed E-state index contributed by atoms with van der Waals surface area (Å²) in [5.74, 6) is -1.18. The molecule has 0 spiro atoms. The maximum Gasteiger partial charge on any atom is 0.223 e. The lowest BCUT2D eigenvalue weighted by molar-refractivity contribution is 0.387. The molecule has 2 rings (SSSR count). The molecule has 18 heavy (non-hydrogen) atoms. The molecular formula is C10H11F2N5O. The van der Waals surface area contributed by atoms with Crippen molar-refractivity contribution < 1.29 is 13.3 Å². The summed E-state index contributed by atoms with van der Waals surface area (Å²) >= 11 is 0. The van der Waals surface area contributed by atoms with E-state index < -0.39 is 11.6 Å². The zero-order chi connectivity index (χ0) is 13.1. The summed E-state index contributed by atoms with van der Waals surface area (Å²) < 4.78 is 30.9. The van der Waals surface area contributed by atoms with Gasteiger partial charge in [0.05, 0.1) is 0 Å². The minimum Gasteiger partial charge on any atom is -0.381 e. The van der Waals surface area contributed by atoms with Gasteiger partial charge in [-0.1, -0.05) is 5.16 Å². The van der Waals surface area contributed by atoms with Gasteiger partial charge in [0.2, 0.25) is 5.89 Å². The SMILES string of the molecule is Cc1nc(CCNc2nc(N)c(F)cc2F)no1. The number of hydrogen-bond donors (Lipinski definition) is 2. The Bertz CT molecular complexity index is 557. The lowest BCUT2D eigenvalue weighted by Crippen LogP contribution is -2.10. The Hall–Kier alpha value is -2.25. The Labute approximate surface area is 101 Å². The third-order valence-electron chi connectivity index (χ3n) is 2.17. The lowest BCUT2D eigenvalue weighted by Gasteiger charge is -2.06. The maximum atomic E-state index is 13.3. The molecule has 6 nitrogen and oxygen atoms in total. The molecule has 0 aromatic carbocycles. The van der Waals surface area contributed by atoms with Crippen LogP contribution in [-0.2, 0) is 6.42 Å². The van der Waals surface area contributed by atoms with Crippen LogP contribution in [0.3, 0.4) is 0 Å². The van der Waals surface area contributed by atoms with Crippen molar-refractivity contribution in [3.8, 4) is 0 Å². The van der Waals surface area contributed by atoms with Crippen LogP contribution in [0.15, 0.2) is 10.6 Å². The number of aromatic nitrogens is 3. The van der Waals surface area contributed by atoms with Crippen LogP contribution in [0.25, 0.3) is 0 Å². The smallest absolute Gasteiger partial charge is 0.223 e. The fourth-order valence-electron chi connectivity index (χ4n) is 1.34. The molecule has 2 heterocycles. The van der Waals surface area contributed by atoms with Gasteiger partial charge in [0.25, 0.3) is 0 Å². The van der Waals surface area contributed by atoms with E-state index in [0.717, 1.165) is 0 Å². The molecule has 2 aromatic heterocycles. The van der Waals surface area contributed by atoms with Gasteiger partial charge in [0.15, 0.2) is 29.1 Å². The first-order valence-corrected chi connectivity index (χ1v) is 5.21. The second kappa shape index (κ2) is 4.94. The van der Waals surface area contributed by atoms with Gasteiger partial charge in [-0.25, -0.2) is 13.8 Å². The molecule has 96 valence electrons. The van der Waals surface area contributed by atoms with Crippen molar-refractivity contribution in [2.45, 2.75) is 13.3 Å². The quantitative estimate of drug-likeness (QED) is 0.855. The molecule has 0 aliphatic heterocycles. The van der Waals surface area contributed by atoms with E-state index >= 15 is 0 Å². The van der Waals surface area contributed by atoms with Gasteiger partial charge in [-0.2, -0.15) is 4.98 Å². The third kappa shape index (κ3) is 2.70. The first-order chi connectivity index (χ1) is 8.56. The molecule has 0 radical (unpaired) electrons. The van der Waals surface area contributed by atoms with E-state index in [4.69, 9.17) is 10.3 Å². The Morgan fingerprint density at radius 3 is 2.78 bits per heavy atom. The maximum absolute atomic E-state index is 13.3. The number of aryl methyl sites for hydroxylation is 1. The molecule has 0 fully saturated rings. The van der Waals surface area contributed by atoms with Crippen LogP contribution < -0.4 is 11.1 Å². The Morgan fingerprint density at radius 1 is 1.33 bits per heavy atom. The summed E-state index contributed by atoms with van der Waals surface area (Å²) in [5.41, 5.74) is 5.24. The van der Waals surface area contributed by atoms with Crippen molar-refractivity contribution in [3.63, 3.8) is 0 Å². The van der Waals surface area contributed by atoms with Crippen LogP contribution >= 0.6 is 0 Å². The highest BCUT2D eigenvalue weighted by Crippen LogP contribution is 2.16. The Kier molecular flexibility index (Phi) is 3.35. The molecule has 0 aliphatic carbocycles. The van der Waals surface area contributed by atoms with E-state index in [-0.39, 0.29) is 11.6 Å². The third-order valence-corrected chi connectivity index (χ3v) is 2.17. The number of anilines is 2. The molecule has 0 atom stereocenters. The highest BCUT2D eigenvalue weighted by Gasteiger charge is 2.09. The van der Waals surface area contributed by atoms with Crippen molar-refractivity contribution in [2.24, 2.45) is 0 Å². The van der Waals surface area contributed by atoms with E-state index in [1.54, 1.807) is 6.92 Å². The Balaban J connectivity index is 1.96. The van der Waals surface area contributed by atoms with Gasteiger partial charge < -0.3 is 15.6 Å². The number of rotatable bonds is 4. The van der Waals surface area contributed by atoms with Gasteiger partial charge in [0, 0.05) is 26.0 Å². The summed E-state index contributed by atoms with van der Waals surface area (Å²) in [4.78, 5) is 7.54. The molecular weight excluding hydrogens is 244 g/mol. The summed E-state index contributed by atoms with van der Waals surface area (Å²) in [6.45, 7) is 2.00. The highest BCUT2D eigenvalue weighted by atomic mass is 19.1. The standard InChI is InChI=1S/C10H11F2N5O/c1-5-15-8(17-18-5)2-3-14-10-7(12)4-6(11)9(13)16-10/h4H,2-3H2,1H3,(H3,13,14,16). The van der Waals surface area contributed by atoms with Crippen LogP contribution in [0.1, 0.15) is 11.7 Å². The zero-order valence-electron chi connectivity index (χ0n) is 9.57. The number of nitrogens with zero attached hydrogens (tertiary/aromatic N) is 3. The van der Waals surface area contributed by atoms with Gasteiger partial charge in [-0.3, -0.25) is 0 Å². The Morgan fingerprint density at radius 2 is 2.11 bits per heavy atom. The molecule has 0 unspecified atom stereocenters. The summed E-state index contributed by atoms with van der Waals surface area (Å²) in [6, 6.07) is 0.684. The average Bonchev–Trinajstić information content (AvgIpc) is 2.71. The van der Waals surface area contributed by atoms with Crippen molar-refractivity contribution in [1.82, 2.24) is 15.1 Å². The zero-order valence-corrected chi connectivity index (χ0v) is 9.57. The molecule has 0 aliphatic rings. The van der Waals surface area contributed by atoms with Crippen LogP contribution in [-0.4, -0.2) is 21.7 Å². The van der Waals surface area contributed by atoms with Crippen molar-refractivity contribution in [2.75, 3.05) is 17.6 Å². The fourth-order valence-corrected chi connectivity index (χ4v) is 1.34. The lowest BCUT2D eigenvalue weighted by atomic mass is 10.3. The summed E-state index contributed by atoms with van der Waals surface area (Å²) in [6.07, 6.45) is 0.426. The number of halogens is 2. The number of hydrogen-bond acceptors (Lipinski definition) is 6. The molecule has 0 amide bonds. The molecule has 0 bridgehead atoms. The number of nitrogen functional groups attached to an aromatic ring is 1. The van der Waals surface area contributed by atoms with Crippen molar-refractivity contribution >= 4 is 11.6 Å². The van der Waals surface area contributed by atoms with E-state index in [9.17, 15) is 8.78 Å². The van der Waals surface area contributed by atoms with Gasteiger partial charge >= 0.3 is 0 Å². The van der Waals surface area contributed by atoms with Gasteiger partial charge in [0.1, 0.15) is 0 Å². The fraction of sp³-hybridized carbons (Fsp3) is 0.300. The minimum absolute atomic E-state index is 0.103. The number of nitrogens with one attached hydrogen (secondary N) is 1. The molecule has 0 saturated heterocycles. The van der Waals surface area contributed by atoms with E-state index in [1.165, 1.54) is 0 Å². The monoisotopic (exact) mass is 255 g/mol. The summed E-state index contributed by atoms with van der Waals surface area (Å²) in [7, 11) is 0. The van der Waals surface area contributed by atoms with Gasteiger partial charge in [-0.15, -0.1) is 0 Å². The predicted molar refractivity (Wildman–Crippen MR) is 59.8 cm³/mol. The normalized spacial score (nSPS) is 10.6. The first-order valence-electron chi connectivity index (χ1n) is 5.21. The van der Waals surface area contributed by atoms with E-state index in [2.05, 4.69) is 20.4 Å².